The Hall–Kier alpha value is -0.0800. The van der Waals surface area contributed by atoms with Crippen LogP contribution in [-0.2, 0) is 0 Å². The third kappa shape index (κ3) is 2.25. The average Bonchev–Trinajstić information content (AvgIpc) is 2.25. The highest BCUT2D eigenvalue weighted by Crippen LogP contribution is 2.64. The minimum atomic E-state index is 0.291. The maximum absolute atomic E-state index is 3.54. The number of nitrogens with zero attached hydrogens (tertiary/aromatic N) is 1. The maximum atomic E-state index is 3.54. The van der Waals surface area contributed by atoms with Gasteiger partial charge in [0.05, 0.1) is 0 Å². The van der Waals surface area contributed by atoms with Crippen molar-refractivity contribution in [2.24, 2.45) is 17.3 Å². The fourth-order valence-corrected chi connectivity index (χ4v) is 6.16. The van der Waals surface area contributed by atoms with Gasteiger partial charge in [0, 0.05) is 11.1 Å². The summed E-state index contributed by atoms with van der Waals surface area (Å²) in [5.41, 5.74) is 1.45. The minimum absolute atomic E-state index is 0.291. The fraction of sp³-hybridized carbons (Fsp3) is 1.00. The molecule has 1 N–H and O–H groups in total. The SMILES string of the molecule is CNC(C)(C)CC12CC3CC(C1)CC(N(C)C)(C3)C2. The van der Waals surface area contributed by atoms with Gasteiger partial charge in [0.2, 0.25) is 0 Å². The molecule has 4 rings (SSSR count). The molecule has 4 aliphatic rings. The van der Waals surface area contributed by atoms with Gasteiger partial charge in [0.25, 0.3) is 0 Å². The van der Waals surface area contributed by atoms with Gasteiger partial charge in [-0.1, -0.05) is 0 Å². The molecule has 2 heteroatoms. The second-order valence-electron chi connectivity index (χ2n) is 8.89. The lowest BCUT2D eigenvalue weighted by Gasteiger charge is -2.65. The molecule has 4 fully saturated rings. The molecule has 19 heavy (non-hydrogen) atoms. The van der Waals surface area contributed by atoms with Crippen LogP contribution in [0.15, 0.2) is 0 Å². The Morgan fingerprint density at radius 3 is 2.16 bits per heavy atom. The molecule has 2 unspecified atom stereocenters. The molecule has 2 atom stereocenters. The Bertz CT molecular complexity index is 344. The zero-order chi connectivity index (χ0) is 13.9. The van der Waals surface area contributed by atoms with E-state index in [1.165, 1.54) is 44.9 Å². The highest BCUT2D eigenvalue weighted by atomic mass is 15.2. The summed E-state index contributed by atoms with van der Waals surface area (Å²) in [6.07, 6.45) is 10.3. The zero-order valence-electron chi connectivity index (χ0n) is 13.6. The minimum Gasteiger partial charge on any atom is -0.315 e. The van der Waals surface area contributed by atoms with Crippen LogP contribution < -0.4 is 5.32 Å². The van der Waals surface area contributed by atoms with E-state index in [4.69, 9.17) is 0 Å². The molecule has 0 spiro atoms. The lowest BCUT2D eigenvalue weighted by Crippen LogP contribution is -2.62. The fourth-order valence-electron chi connectivity index (χ4n) is 6.16. The maximum Gasteiger partial charge on any atom is 0.0214 e. The molecule has 0 radical (unpaired) electrons. The molecule has 2 nitrogen and oxygen atoms in total. The third-order valence-corrected chi connectivity index (χ3v) is 6.59. The van der Waals surface area contributed by atoms with Crippen molar-refractivity contribution in [3.8, 4) is 0 Å². The smallest absolute Gasteiger partial charge is 0.0214 e. The van der Waals surface area contributed by atoms with Gasteiger partial charge >= 0.3 is 0 Å². The van der Waals surface area contributed by atoms with Crippen LogP contribution in [0.4, 0.5) is 0 Å². The topological polar surface area (TPSA) is 15.3 Å². The summed E-state index contributed by atoms with van der Waals surface area (Å²) in [6, 6.07) is 0. The molecule has 0 aliphatic heterocycles. The summed E-state index contributed by atoms with van der Waals surface area (Å²) in [4.78, 5) is 2.58. The number of hydrogen-bond donors (Lipinski definition) is 1. The molecule has 0 saturated heterocycles. The third-order valence-electron chi connectivity index (χ3n) is 6.59. The Balaban J connectivity index is 1.87. The lowest BCUT2D eigenvalue weighted by molar-refractivity contribution is -0.129. The molecular weight excluding hydrogens is 232 g/mol. The van der Waals surface area contributed by atoms with Crippen molar-refractivity contribution in [2.45, 2.75) is 69.9 Å². The summed E-state index contributed by atoms with van der Waals surface area (Å²) < 4.78 is 0. The van der Waals surface area contributed by atoms with Gasteiger partial charge in [-0.2, -0.15) is 0 Å². The molecule has 4 bridgehead atoms. The summed E-state index contributed by atoms with van der Waals surface area (Å²) in [5.74, 6) is 2.02. The molecular formula is C17H32N2. The molecule has 0 aromatic heterocycles. The van der Waals surface area contributed by atoms with Crippen LogP contribution in [-0.4, -0.2) is 37.1 Å². The summed E-state index contributed by atoms with van der Waals surface area (Å²) in [7, 11) is 6.77. The summed E-state index contributed by atoms with van der Waals surface area (Å²) in [5, 5.41) is 3.54. The van der Waals surface area contributed by atoms with Crippen LogP contribution in [0.25, 0.3) is 0 Å². The Morgan fingerprint density at radius 1 is 1.11 bits per heavy atom. The van der Waals surface area contributed by atoms with Gasteiger partial charge in [-0.05, 0) is 97.2 Å². The van der Waals surface area contributed by atoms with E-state index < -0.39 is 0 Å². The zero-order valence-corrected chi connectivity index (χ0v) is 13.6. The van der Waals surface area contributed by atoms with Gasteiger partial charge in [-0.25, -0.2) is 0 Å². The second kappa shape index (κ2) is 4.21. The Morgan fingerprint density at radius 2 is 1.68 bits per heavy atom. The molecule has 4 saturated carbocycles. The second-order valence-corrected chi connectivity index (χ2v) is 8.89. The van der Waals surface area contributed by atoms with Crippen molar-refractivity contribution in [1.29, 1.82) is 0 Å². The van der Waals surface area contributed by atoms with Crippen LogP contribution in [0.1, 0.15) is 58.8 Å². The highest BCUT2D eigenvalue weighted by molar-refractivity contribution is 5.13. The number of hydrogen-bond acceptors (Lipinski definition) is 2. The first-order chi connectivity index (χ1) is 8.78. The van der Waals surface area contributed by atoms with Gasteiger partial charge in [0.1, 0.15) is 0 Å². The average molecular weight is 264 g/mol. The molecule has 0 aromatic rings. The van der Waals surface area contributed by atoms with Crippen LogP contribution in [0.2, 0.25) is 0 Å². The van der Waals surface area contributed by atoms with Crippen molar-refractivity contribution in [2.75, 3.05) is 21.1 Å². The molecule has 110 valence electrons. The largest absolute Gasteiger partial charge is 0.315 e. The van der Waals surface area contributed by atoms with Crippen LogP contribution >= 0.6 is 0 Å². The van der Waals surface area contributed by atoms with Gasteiger partial charge in [-0.3, -0.25) is 0 Å². The normalized spacial score (nSPS) is 45.2. The Kier molecular flexibility index (Phi) is 3.07. The van der Waals surface area contributed by atoms with Crippen LogP contribution in [0.5, 0.6) is 0 Å². The van der Waals surface area contributed by atoms with E-state index in [1.54, 1.807) is 0 Å². The Labute approximate surface area is 119 Å². The van der Waals surface area contributed by atoms with Gasteiger partial charge < -0.3 is 10.2 Å². The molecule has 4 aliphatic carbocycles. The van der Waals surface area contributed by atoms with E-state index >= 15 is 0 Å². The van der Waals surface area contributed by atoms with Crippen molar-refractivity contribution in [3.05, 3.63) is 0 Å². The molecule has 0 amide bonds. The van der Waals surface area contributed by atoms with E-state index in [0.29, 0.717) is 16.5 Å². The van der Waals surface area contributed by atoms with E-state index in [-0.39, 0.29) is 0 Å². The van der Waals surface area contributed by atoms with Gasteiger partial charge in [0.15, 0.2) is 0 Å². The highest BCUT2D eigenvalue weighted by Gasteiger charge is 2.59. The quantitative estimate of drug-likeness (QED) is 0.838. The van der Waals surface area contributed by atoms with E-state index in [0.717, 1.165) is 11.8 Å². The van der Waals surface area contributed by atoms with Gasteiger partial charge in [-0.15, -0.1) is 0 Å². The molecule has 0 heterocycles. The van der Waals surface area contributed by atoms with Crippen molar-refractivity contribution < 1.29 is 0 Å². The first-order valence-corrected chi connectivity index (χ1v) is 8.15. The van der Waals surface area contributed by atoms with E-state index in [1.807, 2.05) is 0 Å². The van der Waals surface area contributed by atoms with Crippen molar-refractivity contribution in [3.63, 3.8) is 0 Å². The molecule has 0 aromatic carbocycles. The van der Waals surface area contributed by atoms with E-state index in [2.05, 4.69) is 45.2 Å². The predicted molar refractivity (Wildman–Crippen MR) is 81.3 cm³/mol. The van der Waals surface area contributed by atoms with Crippen molar-refractivity contribution in [1.82, 2.24) is 10.2 Å². The monoisotopic (exact) mass is 264 g/mol. The van der Waals surface area contributed by atoms with Crippen molar-refractivity contribution >= 4 is 0 Å². The first kappa shape index (κ1) is 13.9. The van der Waals surface area contributed by atoms with E-state index in [9.17, 15) is 0 Å². The summed E-state index contributed by atoms with van der Waals surface area (Å²) >= 11 is 0. The van der Waals surface area contributed by atoms with Crippen LogP contribution in [0, 0.1) is 17.3 Å². The van der Waals surface area contributed by atoms with Crippen LogP contribution in [0.3, 0.4) is 0 Å². The first-order valence-electron chi connectivity index (χ1n) is 8.15. The number of nitrogens with one attached hydrogen (secondary N) is 1. The number of rotatable bonds is 4. The summed E-state index contributed by atoms with van der Waals surface area (Å²) in [6.45, 7) is 4.77. The standard InChI is InChI=1S/C17H32N2/c1-15(2,18-3)11-16-7-13-6-14(8-16)10-17(9-13,12-16)19(4)5/h13-14,18H,6-12H2,1-5H3. The lowest BCUT2D eigenvalue weighted by atomic mass is 9.45. The predicted octanol–water partition coefficient (Wildman–Crippen LogP) is 3.28.